The van der Waals surface area contributed by atoms with Crippen LogP contribution in [-0.2, 0) is 24.3 Å². The Bertz CT molecular complexity index is 660. The first kappa shape index (κ1) is 17.0. The lowest BCUT2D eigenvalue weighted by Gasteiger charge is -2.11. The number of esters is 1. The molecule has 0 saturated heterocycles. The second kappa shape index (κ2) is 6.59. The number of rotatable bonds is 6. The molecule has 0 spiro atoms. The van der Waals surface area contributed by atoms with Crippen LogP contribution < -0.4 is 0 Å². The van der Waals surface area contributed by atoms with Crippen molar-refractivity contribution >= 4 is 27.6 Å². The molecule has 0 aliphatic heterocycles. The molecule has 0 atom stereocenters. The van der Waals surface area contributed by atoms with Gasteiger partial charge in [-0.3, -0.25) is 9.59 Å². The first-order chi connectivity index (χ1) is 9.70. The number of Topliss-reactive ketones (excluding diaryl/α,β-unsaturated/α-hetero) is 2. The van der Waals surface area contributed by atoms with Crippen LogP contribution in [0.4, 0.5) is 0 Å². The van der Waals surface area contributed by atoms with Gasteiger partial charge in [-0.2, -0.15) is 0 Å². The average molecular weight is 313 g/mol. The van der Waals surface area contributed by atoms with Gasteiger partial charge in [0.1, 0.15) is 0 Å². The molecule has 0 radical (unpaired) electrons. The number of carbonyl (C=O) groups is 3. The van der Waals surface area contributed by atoms with Crippen LogP contribution in [0.1, 0.15) is 16.8 Å². The van der Waals surface area contributed by atoms with E-state index >= 15 is 0 Å². The Morgan fingerprint density at radius 3 is 2.05 bits per heavy atom. The third-order valence-electron chi connectivity index (χ3n) is 2.69. The minimum atomic E-state index is -3.58. The smallest absolute Gasteiger partial charge is 0.374 e. The van der Waals surface area contributed by atoms with Crippen molar-refractivity contribution in [3.8, 4) is 0 Å². The summed E-state index contributed by atoms with van der Waals surface area (Å²) in [7, 11) is 0.253. The molecule has 0 fully saturated rings. The number of sulfonamides is 1. The molecule has 0 amide bonds. The summed E-state index contributed by atoms with van der Waals surface area (Å²) in [4.78, 5) is 34.0. The molecule has 1 aromatic carbocycles. The highest BCUT2D eigenvalue weighted by atomic mass is 32.2. The van der Waals surface area contributed by atoms with E-state index in [0.29, 0.717) is 0 Å². The molecule has 8 heteroatoms. The maximum Gasteiger partial charge on any atom is 0.374 e. The minimum absolute atomic E-state index is 0.0309. The second-order valence-corrected chi connectivity index (χ2v) is 6.48. The van der Waals surface area contributed by atoms with E-state index in [4.69, 9.17) is 0 Å². The molecule has 0 bridgehead atoms. The predicted octanol–water partition coefficient (Wildman–Crippen LogP) is 0.252. The van der Waals surface area contributed by atoms with Crippen LogP contribution in [0, 0.1) is 0 Å². The number of hydrogen-bond donors (Lipinski definition) is 0. The Labute approximate surface area is 122 Å². The van der Waals surface area contributed by atoms with E-state index in [1.807, 2.05) is 0 Å². The molecule has 0 saturated carbocycles. The third kappa shape index (κ3) is 3.96. The van der Waals surface area contributed by atoms with E-state index in [-0.39, 0.29) is 10.5 Å². The first-order valence-electron chi connectivity index (χ1n) is 5.87. The zero-order valence-electron chi connectivity index (χ0n) is 11.8. The summed E-state index contributed by atoms with van der Waals surface area (Å²) >= 11 is 0. The summed E-state index contributed by atoms with van der Waals surface area (Å²) < 4.78 is 28.9. The fourth-order valence-electron chi connectivity index (χ4n) is 1.46. The van der Waals surface area contributed by atoms with Crippen molar-refractivity contribution in [2.45, 2.75) is 11.3 Å². The summed E-state index contributed by atoms with van der Waals surface area (Å²) in [5.41, 5.74) is 0.143. The van der Waals surface area contributed by atoms with Gasteiger partial charge < -0.3 is 4.74 Å². The van der Waals surface area contributed by atoms with Gasteiger partial charge >= 0.3 is 5.97 Å². The number of ether oxygens (including phenoxy) is 1. The maximum atomic E-state index is 11.8. The van der Waals surface area contributed by atoms with Gasteiger partial charge in [-0.1, -0.05) is 12.1 Å². The quantitative estimate of drug-likeness (QED) is 0.323. The van der Waals surface area contributed by atoms with Crippen LogP contribution in [0.2, 0.25) is 0 Å². The monoisotopic (exact) mass is 313 g/mol. The highest BCUT2D eigenvalue weighted by Crippen LogP contribution is 2.15. The molecule has 0 aliphatic rings. The van der Waals surface area contributed by atoms with Gasteiger partial charge in [0.2, 0.25) is 15.8 Å². The maximum absolute atomic E-state index is 11.8. The zero-order valence-corrected chi connectivity index (χ0v) is 12.6. The van der Waals surface area contributed by atoms with Crippen LogP contribution in [0.5, 0.6) is 0 Å². The predicted molar refractivity (Wildman–Crippen MR) is 73.3 cm³/mol. The SMILES string of the molecule is COC(=O)C(=O)CC(=O)c1ccc(S(=O)(=O)N(C)C)cc1. The van der Waals surface area contributed by atoms with E-state index in [1.165, 1.54) is 38.4 Å². The molecule has 0 unspecified atom stereocenters. The lowest BCUT2D eigenvalue weighted by atomic mass is 10.1. The Kier molecular flexibility index (Phi) is 5.34. The van der Waals surface area contributed by atoms with Crippen LogP contribution in [0.15, 0.2) is 29.2 Å². The number of methoxy groups -OCH3 is 1. The topological polar surface area (TPSA) is 97.8 Å². The van der Waals surface area contributed by atoms with Crippen molar-refractivity contribution < 1.29 is 27.5 Å². The van der Waals surface area contributed by atoms with E-state index < -0.39 is 34.0 Å². The van der Waals surface area contributed by atoms with Crippen molar-refractivity contribution in [2.24, 2.45) is 0 Å². The van der Waals surface area contributed by atoms with Gasteiger partial charge in [0.05, 0.1) is 18.4 Å². The van der Waals surface area contributed by atoms with E-state index in [9.17, 15) is 22.8 Å². The standard InChI is InChI=1S/C13H15NO6S/c1-14(2)21(18,19)10-6-4-9(5-7-10)11(15)8-12(16)13(17)20-3/h4-7H,8H2,1-3H3. The molecule has 114 valence electrons. The van der Waals surface area contributed by atoms with Crippen molar-refractivity contribution in [2.75, 3.05) is 21.2 Å². The lowest BCUT2D eigenvalue weighted by Crippen LogP contribution is -2.22. The number of ketones is 2. The van der Waals surface area contributed by atoms with E-state index in [1.54, 1.807) is 0 Å². The van der Waals surface area contributed by atoms with Gasteiger partial charge in [-0.15, -0.1) is 0 Å². The Morgan fingerprint density at radius 2 is 1.62 bits per heavy atom. The van der Waals surface area contributed by atoms with Crippen molar-refractivity contribution in [1.82, 2.24) is 4.31 Å². The summed E-state index contributed by atoms with van der Waals surface area (Å²) in [6.45, 7) is 0. The van der Waals surface area contributed by atoms with Crippen LogP contribution >= 0.6 is 0 Å². The first-order valence-corrected chi connectivity index (χ1v) is 7.31. The largest absolute Gasteiger partial charge is 0.463 e. The molecule has 7 nitrogen and oxygen atoms in total. The lowest BCUT2D eigenvalue weighted by molar-refractivity contribution is -0.151. The van der Waals surface area contributed by atoms with Crippen LogP contribution in [-0.4, -0.2) is 51.5 Å². The molecule has 1 rings (SSSR count). The van der Waals surface area contributed by atoms with Gasteiger partial charge in [0.25, 0.3) is 0 Å². The fourth-order valence-corrected chi connectivity index (χ4v) is 2.36. The van der Waals surface area contributed by atoms with Crippen molar-refractivity contribution in [1.29, 1.82) is 0 Å². The van der Waals surface area contributed by atoms with Gasteiger partial charge in [0, 0.05) is 19.7 Å². The molecule has 0 N–H and O–H groups in total. The second-order valence-electron chi connectivity index (χ2n) is 4.33. The number of hydrogen-bond acceptors (Lipinski definition) is 6. The van der Waals surface area contributed by atoms with E-state index in [2.05, 4.69) is 4.74 Å². The number of carbonyl (C=O) groups excluding carboxylic acids is 3. The number of benzene rings is 1. The number of nitrogens with zero attached hydrogens (tertiary/aromatic N) is 1. The van der Waals surface area contributed by atoms with Gasteiger partial charge in [-0.25, -0.2) is 17.5 Å². The summed E-state index contributed by atoms with van der Waals surface area (Å²) in [5, 5.41) is 0. The molecular formula is C13H15NO6S. The van der Waals surface area contributed by atoms with Crippen molar-refractivity contribution in [3.63, 3.8) is 0 Å². The van der Waals surface area contributed by atoms with Gasteiger partial charge in [-0.05, 0) is 12.1 Å². The Hall–Kier alpha value is -2.06. The summed E-state index contributed by atoms with van der Waals surface area (Å²) in [6, 6.07) is 5.13. The zero-order chi connectivity index (χ0) is 16.2. The normalized spacial score (nSPS) is 11.2. The molecule has 0 aliphatic carbocycles. The highest BCUT2D eigenvalue weighted by molar-refractivity contribution is 7.89. The molecule has 21 heavy (non-hydrogen) atoms. The van der Waals surface area contributed by atoms with Crippen molar-refractivity contribution in [3.05, 3.63) is 29.8 Å². The Morgan fingerprint density at radius 1 is 1.10 bits per heavy atom. The highest BCUT2D eigenvalue weighted by Gasteiger charge is 2.21. The van der Waals surface area contributed by atoms with Crippen LogP contribution in [0.25, 0.3) is 0 Å². The third-order valence-corrected chi connectivity index (χ3v) is 4.52. The molecular weight excluding hydrogens is 298 g/mol. The minimum Gasteiger partial charge on any atom is -0.463 e. The summed E-state index contributed by atoms with van der Waals surface area (Å²) in [5.74, 6) is -2.62. The Balaban J connectivity index is 2.91. The molecule has 0 aromatic heterocycles. The van der Waals surface area contributed by atoms with Crippen LogP contribution in [0.3, 0.4) is 0 Å². The average Bonchev–Trinajstić information content (AvgIpc) is 2.46. The van der Waals surface area contributed by atoms with Gasteiger partial charge in [0.15, 0.2) is 5.78 Å². The fraction of sp³-hybridized carbons (Fsp3) is 0.308. The molecule has 1 aromatic rings. The molecule has 0 heterocycles. The summed E-state index contributed by atoms with van der Waals surface area (Å²) in [6.07, 6.45) is -0.619. The van der Waals surface area contributed by atoms with E-state index in [0.717, 1.165) is 11.4 Å².